The minimum absolute atomic E-state index is 0.0548. The van der Waals surface area contributed by atoms with Gasteiger partial charge in [0.2, 0.25) is 0 Å². The van der Waals surface area contributed by atoms with Crippen molar-refractivity contribution < 1.29 is 9.53 Å². The Labute approximate surface area is 177 Å². The van der Waals surface area contributed by atoms with Crippen LogP contribution in [0.4, 0.5) is 0 Å². The molecule has 3 aromatic rings. The molecule has 1 saturated heterocycles. The molecule has 3 heterocycles. The van der Waals surface area contributed by atoms with E-state index in [9.17, 15) is 4.79 Å². The predicted octanol–water partition coefficient (Wildman–Crippen LogP) is 3.97. The first-order valence-electron chi connectivity index (χ1n) is 10.6. The fraction of sp³-hybridized carbons (Fsp3) is 0.375. The first kappa shape index (κ1) is 20.1. The van der Waals surface area contributed by atoms with Crippen LogP contribution in [-0.2, 0) is 19.6 Å². The molecule has 1 aromatic carbocycles. The summed E-state index contributed by atoms with van der Waals surface area (Å²) >= 11 is 0. The summed E-state index contributed by atoms with van der Waals surface area (Å²) in [6.07, 6.45) is 8.45. The molecule has 0 unspecified atom stereocenters. The lowest BCUT2D eigenvalue weighted by Gasteiger charge is -2.31. The monoisotopic (exact) mass is 404 g/mol. The third-order valence-corrected chi connectivity index (χ3v) is 5.69. The molecule has 6 nitrogen and oxygen atoms in total. The van der Waals surface area contributed by atoms with Crippen LogP contribution in [0.5, 0.6) is 5.75 Å². The summed E-state index contributed by atoms with van der Waals surface area (Å²) < 4.78 is 7.57. The first-order valence-corrected chi connectivity index (χ1v) is 10.6. The fourth-order valence-electron chi connectivity index (χ4n) is 3.86. The molecule has 0 atom stereocenters. The summed E-state index contributed by atoms with van der Waals surface area (Å²) in [4.78, 5) is 18.6. The van der Waals surface area contributed by atoms with E-state index in [1.807, 2.05) is 36.2 Å². The summed E-state index contributed by atoms with van der Waals surface area (Å²) in [7, 11) is 0. The summed E-state index contributed by atoms with van der Waals surface area (Å²) in [6, 6.07) is 14.2. The molecule has 0 spiro atoms. The number of likely N-dealkylation sites (tertiary alicyclic amines) is 1. The lowest BCUT2D eigenvalue weighted by molar-refractivity contribution is 0.0683. The third kappa shape index (κ3) is 5.06. The van der Waals surface area contributed by atoms with E-state index in [4.69, 9.17) is 4.74 Å². The van der Waals surface area contributed by atoms with Crippen molar-refractivity contribution in [3.8, 4) is 5.75 Å². The highest BCUT2D eigenvalue weighted by Gasteiger charge is 2.25. The Morgan fingerprint density at radius 1 is 1.03 bits per heavy atom. The van der Waals surface area contributed by atoms with Crippen molar-refractivity contribution in [3.05, 3.63) is 77.9 Å². The molecule has 6 heteroatoms. The number of pyridine rings is 1. The molecular weight excluding hydrogens is 376 g/mol. The van der Waals surface area contributed by atoms with Gasteiger partial charge in [-0.05, 0) is 61.4 Å². The predicted molar refractivity (Wildman–Crippen MR) is 115 cm³/mol. The van der Waals surface area contributed by atoms with Gasteiger partial charge in [-0.15, -0.1) is 0 Å². The van der Waals surface area contributed by atoms with Gasteiger partial charge in [0, 0.05) is 38.2 Å². The van der Waals surface area contributed by atoms with Crippen LogP contribution in [0.25, 0.3) is 0 Å². The van der Waals surface area contributed by atoms with E-state index in [2.05, 4.69) is 34.3 Å². The summed E-state index contributed by atoms with van der Waals surface area (Å²) in [6.45, 7) is 4.97. The number of nitrogens with zero attached hydrogens (tertiary/aromatic N) is 4. The summed E-state index contributed by atoms with van der Waals surface area (Å²) in [5.74, 6) is 1.50. The lowest BCUT2D eigenvalue weighted by Crippen LogP contribution is -2.39. The average molecular weight is 405 g/mol. The molecule has 0 aliphatic carbocycles. The second-order valence-corrected chi connectivity index (χ2v) is 7.78. The van der Waals surface area contributed by atoms with Gasteiger partial charge in [0.05, 0.1) is 0 Å². The molecule has 1 amide bonds. The number of aryl methyl sites for hydroxylation is 1. The van der Waals surface area contributed by atoms with Crippen LogP contribution in [0, 0.1) is 5.92 Å². The van der Waals surface area contributed by atoms with E-state index in [1.54, 1.807) is 17.1 Å². The topological polar surface area (TPSA) is 60.2 Å². The Kier molecular flexibility index (Phi) is 6.42. The van der Waals surface area contributed by atoms with Gasteiger partial charge >= 0.3 is 0 Å². The molecule has 0 bridgehead atoms. The number of ether oxygens (including phenoxy) is 1. The highest BCUT2D eigenvalue weighted by atomic mass is 16.5. The molecule has 0 saturated carbocycles. The number of benzene rings is 1. The number of aromatic nitrogens is 3. The number of rotatable bonds is 7. The van der Waals surface area contributed by atoms with Crippen LogP contribution >= 0.6 is 0 Å². The van der Waals surface area contributed by atoms with E-state index in [1.165, 1.54) is 5.56 Å². The molecule has 30 heavy (non-hydrogen) atoms. The minimum atomic E-state index is 0.0548. The molecule has 0 N–H and O–H groups in total. The smallest absolute Gasteiger partial charge is 0.274 e. The minimum Gasteiger partial charge on any atom is -0.489 e. The van der Waals surface area contributed by atoms with Crippen molar-refractivity contribution in [3.63, 3.8) is 0 Å². The highest BCUT2D eigenvalue weighted by molar-refractivity contribution is 5.92. The Morgan fingerprint density at radius 2 is 1.73 bits per heavy atom. The molecule has 1 aliphatic rings. The number of hydrogen-bond acceptors (Lipinski definition) is 4. The maximum absolute atomic E-state index is 12.6. The van der Waals surface area contributed by atoms with Crippen LogP contribution in [-0.4, -0.2) is 38.7 Å². The van der Waals surface area contributed by atoms with E-state index in [0.717, 1.165) is 50.2 Å². The van der Waals surface area contributed by atoms with Gasteiger partial charge in [-0.1, -0.05) is 24.3 Å². The maximum atomic E-state index is 12.6. The first-order chi connectivity index (χ1) is 14.7. The molecule has 1 fully saturated rings. The maximum Gasteiger partial charge on any atom is 0.274 e. The third-order valence-electron chi connectivity index (χ3n) is 5.69. The number of carbonyl (C=O) groups excluding carboxylic acids is 1. The average Bonchev–Trinajstić information content (AvgIpc) is 3.29. The summed E-state index contributed by atoms with van der Waals surface area (Å²) in [5, 5.41) is 4.35. The molecule has 4 rings (SSSR count). The zero-order valence-electron chi connectivity index (χ0n) is 17.4. The van der Waals surface area contributed by atoms with Crippen molar-refractivity contribution in [1.82, 2.24) is 19.7 Å². The normalized spacial score (nSPS) is 14.6. The SMILES string of the molecule is CCn1ccc(C(=O)N2CCC(Cc3ccc(COc4ccncc4)cc3)CC2)n1. The van der Waals surface area contributed by atoms with Crippen molar-refractivity contribution >= 4 is 5.91 Å². The van der Waals surface area contributed by atoms with Gasteiger partial charge < -0.3 is 9.64 Å². The van der Waals surface area contributed by atoms with Crippen molar-refractivity contribution in [2.45, 2.75) is 39.3 Å². The van der Waals surface area contributed by atoms with Crippen LogP contribution in [0.2, 0.25) is 0 Å². The largest absolute Gasteiger partial charge is 0.489 e. The van der Waals surface area contributed by atoms with Gasteiger partial charge in [-0.3, -0.25) is 14.5 Å². The van der Waals surface area contributed by atoms with Gasteiger partial charge in [-0.2, -0.15) is 5.10 Å². The standard InChI is InChI=1S/C24H28N4O2/c1-2-28-16-11-23(26-28)24(29)27-14-9-20(10-15-27)17-19-3-5-21(6-4-19)18-30-22-7-12-25-13-8-22/h3-8,11-13,16,20H,2,9-10,14-15,17-18H2,1H3. The van der Waals surface area contributed by atoms with E-state index < -0.39 is 0 Å². The van der Waals surface area contributed by atoms with Crippen molar-refractivity contribution in [1.29, 1.82) is 0 Å². The van der Waals surface area contributed by atoms with Gasteiger partial charge in [0.15, 0.2) is 0 Å². The Hall–Kier alpha value is -3.15. The lowest BCUT2D eigenvalue weighted by atomic mass is 9.90. The quantitative estimate of drug-likeness (QED) is 0.598. The molecule has 1 aliphatic heterocycles. The van der Waals surface area contributed by atoms with Crippen molar-refractivity contribution in [2.75, 3.05) is 13.1 Å². The van der Waals surface area contributed by atoms with Gasteiger partial charge in [0.25, 0.3) is 5.91 Å². The van der Waals surface area contributed by atoms with Gasteiger partial charge in [0.1, 0.15) is 18.1 Å². The molecular formula is C24H28N4O2. The zero-order valence-corrected chi connectivity index (χ0v) is 17.4. The molecule has 0 radical (unpaired) electrons. The van der Waals surface area contributed by atoms with E-state index >= 15 is 0 Å². The number of hydrogen-bond donors (Lipinski definition) is 0. The summed E-state index contributed by atoms with van der Waals surface area (Å²) in [5.41, 5.74) is 3.05. The van der Waals surface area contributed by atoms with E-state index in [0.29, 0.717) is 18.2 Å². The number of carbonyl (C=O) groups is 1. The Bertz CT molecular complexity index is 945. The van der Waals surface area contributed by atoms with E-state index in [-0.39, 0.29) is 5.91 Å². The van der Waals surface area contributed by atoms with Crippen LogP contribution < -0.4 is 4.74 Å². The Morgan fingerprint density at radius 3 is 2.40 bits per heavy atom. The fourth-order valence-corrected chi connectivity index (χ4v) is 3.86. The zero-order chi connectivity index (χ0) is 20.8. The molecule has 2 aromatic heterocycles. The van der Waals surface area contributed by atoms with Crippen LogP contribution in [0.3, 0.4) is 0 Å². The number of piperidine rings is 1. The second-order valence-electron chi connectivity index (χ2n) is 7.78. The molecule has 156 valence electrons. The van der Waals surface area contributed by atoms with Crippen LogP contribution in [0.1, 0.15) is 41.4 Å². The number of amides is 1. The van der Waals surface area contributed by atoms with Crippen molar-refractivity contribution in [2.24, 2.45) is 5.92 Å². The van der Waals surface area contributed by atoms with Crippen LogP contribution in [0.15, 0.2) is 61.1 Å². The highest BCUT2D eigenvalue weighted by Crippen LogP contribution is 2.23. The second kappa shape index (κ2) is 9.57. The Balaban J connectivity index is 1.24. The van der Waals surface area contributed by atoms with Gasteiger partial charge in [-0.25, -0.2) is 0 Å².